The van der Waals surface area contributed by atoms with Crippen molar-refractivity contribution in [3.8, 4) is 0 Å². The molecule has 0 saturated carbocycles. The van der Waals surface area contributed by atoms with E-state index in [1.165, 1.54) is 0 Å². The standard InChI is InChI=1S/C16H27N5O3/c1-10-8-11(2-3-12(10)17)21-9-13(19-4-6-22)14(20-5-7-23)15(21)16(18)24/h2-3,8,13-15,19-20,22-23H,4-7,9,17H2,1H3,(H2,18,24). The zero-order chi connectivity index (χ0) is 17.7. The van der Waals surface area contributed by atoms with Crippen molar-refractivity contribution in [2.24, 2.45) is 5.73 Å². The van der Waals surface area contributed by atoms with Crippen LogP contribution in [0.25, 0.3) is 0 Å². The number of rotatable bonds is 8. The summed E-state index contributed by atoms with van der Waals surface area (Å²) < 4.78 is 0. The summed E-state index contributed by atoms with van der Waals surface area (Å²) in [7, 11) is 0. The summed E-state index contributed by atoms with van der Waals surface area (Å²) >= 11 is 0. The molecular formula is C16H27N5O3. The second kappa shape index (κ2) is 8.29. The number of carbonyl (C=O) groups is 1. The first kappa shape index (κ1) is 18.5. The number of nitrogens with zero attached hydrogens (tertiary/aromatic N) is 1. The van der Waals surface area contributed by atoms with Crippen molar-refractivity contribution in [2.75, 3.05) is 43.5 Å². The molecule has 24 heavy (non-hydrogen) atoms. The van der Waals surface area contributed by atoms with Crippen LogP contribution in [0.2, 0.25) is 0 Å². The maximum atomic E-state index is 12.1. The number of nitrogen functional groups attached to an aromatic ring is 1. The number of aliphatic hydroxyl groups excluding tert-OH is 2. The van der Waals surface area contributed by atoms with Gasteiger partial charge in [-0.3, -0.25) is 4.79 Å². The van der Waals surface area contributed by atoms with E-state index in [0.717, 1.165) is 11.3 Å². The van der Waals surface area contributed by atoms with Crippen molar-refractivity contribution in [1.29, 1.82) is 0 Å². The Morgan fingerprint density at radius 2 is 1.96 bits per heavy atom. The molecule has 8 heteroatoms. The second-order valence-corrected chi connectivity index (χ2v) is 6.03. The van der Waals surface area contributed by atoms with E-state index in [0.29, 0.717) is 25.3 Å². The van der Waals surface area contributed by atoms with Gasteiger partial charge < -0.3 is 37.2 Å². The number of nitrogens with one attached hydrogen (secondary N) is 2. The van der Waals surface area contributed by atoms with Crippen LogP contribution in [-0.2, 0) is 4.79 Å². The molecule has 0 spiro atoms. The van der Waals surface area contributed by atoms with E-state index < -0.39 is 11.9 Å². The summed E-state index contributed by atoms with van der Waals surface area (Å²) in [5.41, 5.74) is 14.0. The fraction of sp³-hybridized carbons (Fsp3) is 0.562. The predicted molar refractivity (Wildman–Crippen MR) is 93.7 cm³/mol. The highest BCUT2D eigenvalue weighted by atomic mass is 16.3. The van der Waals surface area contributed by atoms with Crippen LogP contribution >= 0.6 is 0 Å². The summed E-state index contributed by atoms with van der Waals surface area (Å²) in [6, 6.07) is 4.71. The van der Waals surface area contributed by atoms with Crippen LogP contribution in [0.5, 0.6) is 0 Å². The Bertz CT molecular complexity index is 569. The van der Waals surface area contributed by atoms with E-state index in [4.69, 9.17) is 21.7 Å². The van der Waals surface area contributed by atoms with Gasteiger partial charge in [0.2, 0.25) is 5.91 Å². The quantitative estimate of drug-likeness (QED) is 0.306. The number of hydrogen-bond donors (Lipinski definition) is 6. The highest BCUT2D eigenvalue weighted by molar-refractivity contribution is 5.86. The van der Waals surface area contributed by atoms with E-state index in [2.05, 4.69) is 10.6 Å². The second-order valence-electron chi connectivity index (χ2n) is 6.03. The maximum Gasteiger partial charge on any atom is 0.241 e. The van der Waals surface area contributed by atoms with Crippen molar-refractivity contribution in [2.45, 2.75) is 25.0 Å². The lowest BCUT2D eigenvalue weighted by molar-refractivity contribution is -0.119. The minimum Gasteiger partial charge on any atom is -0.399 e. The first-order chi connectivity index (χ1) is 11.5. The van der Waals surface area contributed by atoms with Crippen LogP contribution in [0.1, 0.15) is 5.56 Å². The molecule has 0 aromatic heterocycles. The van der Waals surface area contributed by atoms with Crippen molar-refractivity contribution < 1.29 is 15.0 Å². The van der Waals surface area contributed by atoms with Gasteiger partial charge in [-0.25, -0.2) is 0 Å². The molecule has 1 saturated heterocycles. The van der Waals surface area contributed by atoms with E-state index in [1.807, 2.05) is 30.0 Å². The molecular weight excluding hydrogens is 310 g/mol. The average molecular weight is 337 g/mol. The van der Waals surface area contributed by atoms with Gasteiger partial charge >= 0.3 is 0 Å². The highest BCUT2D eigenvalue weighted by Gasteiger charge is 2.44. The number of aryl methyl sites for hydroxylation is 1. The molecule has 3 atom stereocenters. The number of primary amides is 1. The molecule has 1 amide bonds. The summed E-state index contributed by atoms with van der Waals surface area (Å²) in [5, 5.41) is 24.6. The number of benzene rings is 1. The lowest BCUT2D eigenvalue weighted by Crippen LogP contribution is -2.56. The molecule has 1 aliphatic rings. The largest absolute Gasteiger partial charge is 0.399 e. The molecule has 8 nitrogen and oxygen atoms in total. The van der Waals surface area contributed by atoms with E-state index in [1.54, 1.807) is 0 Å². The van der Waals surface area contributed by atoms with Crippen LogP contribution in [-0.4, -0.2) is 67.1 Å². The smallest absolute Gasteiger partial charge is 0.241 e. The van der Waals surface area contributed by atoms with Gasteiger partial charge in [0.25, 0.3) is 0 Å². The Morgan fingerprint density at radius 3 is 2.54 bits per heavy atom. The van der Waals surface area contributed by atoms with E-state index >= 15 is 0 Å². The topological polar surface area (TPSA) is 137 Å². The monoisotopic (exact) mass is 337 g/mol. The number of carbonyl (C=O) groups excluding carboxylic acids is 1. The fourth-order valence-corrected chi connectivity index (χ4v) is 3.21. The lowest BCUT2D eigenvalue weighted by Gasteiger charge is -2.28. The SMILES string of the molecule is Cc1cc(N2CC(NCCO)C(NCCO)C2C(N)=O)ccc1N. The fourth-order valence-electron chi connectivity index (χ4n) is 3.21. The van der Waals surface area contributed by atoms with Crippen LogP contribution < -0.4 is 27.0 Å². The lowest BCUT2D eigenvalue weighted by atomic mass is 10.0. The van der Waals surface area contributed by atoms with E-state index in [-0.39, 0.29) is 25.3 Å². The first-order valence-electron chi connectivity index (χ1n) is 8.10. The number of anilines is 2. The molecule has 2 rings (SSSR count). The molecule has 1 fully saturated rings. The highest BCUT2D eigenvalue weighted by Crippen LogP contribution is 2.28. The molecule has 3 unspecified atom stereocenters. The Morgan fingerprint density at radius 1 is 1.29 bits per heavy atom. The van der Waals surface area contributed by atoms with Crippen molar-refractivity contribution in [3.63, 3.8) is 0 Å². The van der Waals surface area contributed by atoms with Crippen LogP contribution in [0.3, 0.4) is 0 Å². The molecule has 1 aromatic carbocycles. The maximum absolute atomic E-state index is 12.1. The third-order valence-electron chi connectivity index (χ3n) is 4.39. The Kier molecular flexibility index (Phi) is 6.38. The minimum absolute atomic E-state index is 0.00539. The summed E-state index contributed by atoms with van der Waals surface area (Å²) in [5.74, 6) is -0.437. The van der Waals surface area contributed by atoms with Crippen molar-refractivity contribution in [1.82, 2.24) is 10.6 Å². The van der Waals surface area contributed by atoms with Gasteiger partial charge in [-0.05, 0) is 30.7 Å². The first-order valence-corrected chi connectivity index (χ1v) is 8.10. The summed E-state index contributed by atoms with van der Waals surface area (Å²) in [6.45, 7) is 3.22. The minimum atomic E-state index is -0.559. The van der Waals surface area contributed by atoms with E-state index in [9.17, 15) is 4.79 Å². The Hall–Kier alpha value is -1.87. The van der Waals surface area contributed by atoms with Gasteiger partial charge in [-0.15, -0.1) is 0 Å². The number of nitrogens with two attached hydrogens (primary N) is 2. The molecule has 1 aromatic rings. The molecule has 8 N–H and O–H groups in total. The Labute approximate surface area is 141 Å². The normalized spacial score (nSPS) is 23.6. The van der Waals surface area contributed by atoms with Gasteiger partial charge in [0, 0.05) is 37.1 Å². The molecule has 1 aliphatic heterocycles. The van der Waals surface area contributed by atoms with Gasteiger partial charge in [-0.1, -0.05) is 0 Å². The average Bonchev–Trinajstić information content (AvgIpc) is 2.92. The molecule has 134 valence electrons. The van der Waals surface area contributed by atoms with Crippen molar-refractivity contribution >= 4 is 17.3 Å². The van der Waals surface area contributed by atoms with Crippen molar-refractivity contribution in [3.05, 3.63) is 23.8 Å². The molecule has 1 heterocycles. The van der Waals surface area contributed by atoms with Crippen LogP contribution in [0.15, 0.2) is 18.2 Å². The third kappa shape index (κ3) is 3.96. The number of hydrogen-bond acceptors (Lipinski definition) is 7. The van der Waals surface area contributed by atoms with Gasteiger partial charge in [0.15, 0.2) is 0 Å². The predicted octanol–water partition coefficient (Wildman–Crippen LogP) is -1.85. The Balaban J connectivity index is 2.30. The summed E-state index contributed by atoms with van der Waals surface area (Å²) in [4.78, 5) is 14.0. The number of amides is 1. The van der Waals surface area contributed by atoms with Crippen LogP contribution in [0.4, 0.5) is 11.4 Å². The van der Waals surface area contributed by atoms with Gasteiger partial charge in [0.05, 0.1) is 19.3 Å². The molecule has 0 radical (unpaired) electrons. The number of aliphatic hydroxyl groups is 2. The molecule has 0 bridgehead atoms. The van der Waals surface area contributed by atoms with Crippen LogP contribution in [0, 0.1) is 6.92 Å². The van der Waals surface area contributed by atoms with Gasteiger partial charge in [0.1, 0.15) is 6.04 Å². The summed E-state index contributed by atoms with van der Waals surface area (Å²) in [6.07, 6.45) is 0. The zero-order valence-electron chi connectivity index (χ0n) is 13.9. The molecule has 0 aliphatic carbocycles. The zero-order valence-corrected chi connectivity index (χ0v) is 13.9. The van der Waals surface area contributed by atoms with Gasteiger partial charge in [-0.2, -0.15) is 0 Å². The third-order valence-corrected chi connectivity index (χ3v) is 4.39.